The van der Waals surface area contributed by atoms with E-state index in [1.165, 1.54) is 0 Å². The van der Waals surface area contributed by atoms with Crippen LogP contribution in [0.2, 0.25) is 0 Å². The summed E-state index contributed by atoms with van der Waals surface area (Å²) >= 11 is 0. The van der Waals surface area contributed by atoms with Crippen LogP contribution >= 0.6 is 0 Å². The second-order valence-electron chi connectivity index (χ2n) is 6.23. The molecule has 0 aromatic heterocycles. The SMILES string of the molecule is CC(C)(C)OC(=O)NCCCC[C@@H](C(=O)O)c1ccccc1. The molecule has 0 fully saturated rings. The van der Waals surface area contributed by atoms with Crippen molar-refractivity contribution >= 4 is 12.1 Å². The monoisotopic (exact) mass is 307 g/mol. The van der Waals surface area contributed by atoms with Crippen LogP contribution in [-0.2, 0) is 9.53 Å². The minimum Gasteiger partial charge on any atom is -0.481 e. The number of carboxylic acids is 1. The highest BCUT2D eigenvalue weighted by Crippen LogP contribution is 2.22. The molecule has 0 radical (unpaired) electrons. The van der Waals surface area contributed by atoms with Gasteiger partial charge in [0.1, 0.15) is 5.60 Å². The molecule has 5 nitrogen and oxygen atoms in total. The topological polar surface area (TPSA) is 75.6 Å². The van der Waals surface area contributed by atoms with Crippen LogP contribution in [0.4, 0.5) is 4.79 Å². The molecular weight excluding hydrogens is 282 g/mol. The first-order valence-corrected chi connectivity index (χ1v) is 7.54. The Kier molecular flexibility index (Phi) is 6.89. The molecule has 0 spiro atoms. The van der Waals surface area contributed by atoms with Crippen LogP contribution in [0.25, 0.3) is 0 Å². The Labute approximate surface area is 131 Å². The number of nitrogens with one attached hydrogen (secondary N) is 1. The predicted molar refractivity (Wildman–Crippen MR) is 84.9 cm³/mol. The largest absolute Gasteiger partial charge is 0.481 e. The van der Waals surface area contributed by atoms with Gasteiger partial charge in [-0.1, -0.05) is 36.8 Å². The number of unbranched alkanes of at least 4 members (excludes halogenated alkanes) is 1. The Balaban J connectivity index is 2.30. The van der Waals surface area contributed by atoms with Crippen LogP contribution in [-0.4, -0.2) is 29.3 Å². The van der Waals surface area contributed by atoms with Gasteiger partial charge in [-0.25, -0.2) is 4.79 Å². The van der Waals surface area contributed by atoms with Crippen molar-refractivity contribution < 1.29 is 19.4 Å². The van der Waals surface area contributed by atoms with Crippen molar-refractivity contribution in [3.8, 4) is 0 Å². The third-order valence-corrected chi connectivity index (χ3v) is 3.09. The van der Waals surface area contributed by atoms with Crippen LogP contribution in [0.1, 0.15) is 51.5 Å². The van der Waals surface area contributed by atoms with Gasteiger partial charge in [0, 0.05) is 6.54 Å². The summed E-state index contributed by atoms with van der Waals surface area (Å²) in [7, 11) is 0. The number of ether oxygens (including phenoxy) is 1. The van der Waals surface area contributed by atoms with Gasteiger partial charge < -0.3 is 15.2 Å². The molecule has 0 saturated heterocycles. The van der Waals surface area contributed by atoms with Gasteiger partial charge in [0.05, 0.1) is 5.92 Å². The molecule has 1 amide bonds. The summed E-state index contributed by atoms with van der Waals surface area (Å²) in [6.45, 7) is 5.91. The van der Waals surface area contributed by atoms with Gasteiger partial charge in [0.25, 0.3) is 0 Å². The summed E-state index contributed by atoms with van der Waals surface area (Å²) in [5.74, 6) is -1.31. The van der Waals surface area contributed by atoms with E-state index in [0.29, 0.717) is 13.0 Å². The van der Waals surface area contributed by atoms with Crippen molar-refractivity contribution in [1.29, 1.82) is 0 Å². The van der Waals surface area contributed by atoms with Crippen LogP contribution in [0.5, 0.6) is 0 Å². The fraction of sp³-hybridized carbons (Fsp3) is 0.529. The summed E-state index contributed by atoms with van der Waals surface area (Å²) < 4.78 is 5.13. The number of carbonyl (C=O) groups excluding carboxylic acids is 1. The maximum atomic E-state index is 11.5. The van der Waals surface area contributed by atoms with Crippen molar-refractivity contribution in [2.24, 2.45) is 0 Å². The zero-order valence-electron chi connectivity index (χ0n) is 13.5. The first kappa shape index (κ1) is 18.0. The molecule has 122 valence electrons. The lowest BCUT2D eigenvalue weighted by Gasteiger charge is -2.19. The van der Waals surface area contributed by atoms with Crippen LogP contribution in [0.3, 0.4) is 0 Å². The van der Waals surface area contributed by atoms with E-state index in [-0.39, 0.29) is 0 Å². The number of amides is 1. The quantitative estimate of drug-likeness (QED) is 0.755. The van der Waals surface area contributed by atoms with E-state index < -0.39 is 23.6 Å². The fourth-order valence-electron chi connectivity index (χ4n) is 2.10. The lowest BCUT2D eigenvalue weighted by Crippen LogP contribution is -2.33. The van der Waals surface area contributed by atoms with E-state index in [0.717, 1.165) is 18.4 Å². The summed E-state index contributed by atoms with van der Waals surface area (Å²) in [6.07, 6.45) is 1.55. The molecule has 1 atom stereocenters. The highest BCUT2D eigenvalue weighted by atomic mass is 16.6. The van der Waals surface area contributed by atoms with Gasteiger partial charge in [-0.3, -0.25) is 4.79 Å². The standard InChI is InChI=1S/C17H25NO4/c1-17(2,3)22-16(21)18-12-8-7-11-14(15(19)20)13-9-5-4-6-10-13/h4-6,9-10,14H,7-8,11-12H2,1-3H3,(H,18,21)(H,19,20)/t14-/m1/s1. The molecule has 0 unspecified atom stereocenters. The Morgan fingerprint density at radius 2 is 1.82 bits per heavy atom. The summed E-state index contributed by atoms with van der Waals surface area (Å²) in [6, 6.07) is 9.22. The smallest absolute Gasteiger partial charge is 0.407 e. The normalized spacial score (nSPS) is 12.5. The Bertz CT molecular complexity index is 479. The Hall–Kier alpha value is -2.04. The first-order chi connectivity index (χ1) is 10.3. The van der Waals surface area contributed by atoms with Crippen molar-refractivity contribution in [1.82, 2.24) is 5.32 Å². The molecular formula is C17H25NO4. The van der Waals surface area contributed by atoms with E-state index in [2.05, 4.69) is 5.32 Å². The van der Waals surface area contributed by atoms with Crippen molar-refractivity contribution in [3.05, 3.63) is 35.9 Å². The first-order valence-electron chi connectivity index (χ1n) is 7.54. The molecule has 5 heteroatoms. The lowest BCUT2D eigenvalue weighted by molar-refractivity contribution is -0.139. The molecule has 1 aromatic rings. The number of aliphatic carboxylic acids is 1. The zero-order valence-corrected chi connectivity index (χ0v) is 13.5. The van der Waals surface area contributed by atoms with Gasteiger partial charge in [0.2, 0.25) is 0 Å². The van der Waals surface area contributed by atoms with E-state index >= 15 is 0 Å². The highest BCUT2D eigenvalue weighted by molar-refractivity contribution is 5.76. The summed E-state index contributed by atoms with van der Waals surface area (Å²) in [4.78, 5) is 22.8. The predicted octanol–water partition coefficient (Wildman–Crippen LogP) is 3.55. The van der Waals surface area contributed by atoms with Crippen LogP contribution in [0, 0.1) is 0 Å². The maximum Gasteiger partial charge on any atom is 0.407 e. The molecule has 0 aliphatic heterocycles. The van der Waals surface area contributed by atoms with Crippen LogP contribution in [0.15, 0.2) is 30.3 Å². The number of carbonyl (C=O) groups is 2. The van der Waals surface area contributed by atoms with Gasteiger partial charge in [-0.05, 0) is 39.2 Å². The maximum absolute atomic E-state index is 11.5. The molecule has 1 aromatic carbocycles. The molecule has 22 heavy (non-hydrogen) atoms. The van der Waals surface area contributed by atoms with Gasteiger partial charge in [0.15, 0.2) is 0 Å². The molecule has 0 saturated carbocycles. The molecule has 0 heterocycles. The number of rotatable bonds is 7. The average molecular weight is 307 g/mol. The summed E-state index contributed by atoms with van der Waals surface area (Å²) in [5, 5.41) is 12.0. The Morgan fingerprint density at radius 1 is 1.18 bits per heavy atom. The fourth-order valence-corrected chi connectivity index (χ4v) is 2.10. The number of carboxylic acid groups (broad SMARTS) is 1. The number of alkyl carbamates (subject to hydrolysis) is 1. The minimum atomic E-state index is -0.814. The highest BCUT2D eigenvalue weighted by Gasteiger charge is 2.19. The van der Waals surface area contributed by atoms with E-state index in [4.69, 9.17) is 4.74 Å². The average Bonchev–Trinajstić information content (AvgIpc) is 2.41. The van der Waals surface area contributed by atoms with E-state index in [9.17, 15) is 14.7 Å². The van der Waals surface area contributed by atoms with Gasteiger partial charge in [-0.15, -0.1) is 0 Å². The minimum absolute atomic E-state index is 0.439. The number of hydrogen-bond donors (Lipinski definition) is 2. The van der Waals surface area contributed by atoms with Gasteiger partial charge in [-0.2, -0.15) is 0 Å². The number of benzene rings is 1. The van der Waals surface area contributed by atoms with Gasteiger partial charge >= 0.3 is 12.1 Å². The van der Waals surface area contributed by atoms with Crippen LogP contribution < -0.4 is 5.32 Å². The van der Waals surface area contributed by atoms with Crippen molar-refractivity contribution in [2.75, 3.05) is 6.54 Å². The molecule has 0 bridgehead atoms. The zero-order chi connectivity index (χ0) is 16.6. The Morgan fingerprint density at radius 3 is 2.36 bits per heavy atom. The third-order valence-electron chi connectivity index (χ3n) is 3.09. The molecule has 1 rings (SSSR count). The number of hydrogen-bond acceptors (Lipinski definition) is 3. The second kappa shape index (κ2) is 8.41. The third kappa shape index (κ3) is 7.11. The lowest BCUT2D eigenvalue weighted by atomic mass is 9.94. The van der Waals surface area contributed by atoms with Crippen molar-refractivity contribution in [2.45, 2.75) is 51.6 Å². The molecule has 0 aliphatic rings. The van der Waals surface area contributed by atoms with E-state index in [1.807, 2.05) is 51.1 Å². The molecule has 0 aliphatic carbocycles. The second-order valence-corrected chi connectivity index (χ2v) is 6.23. The summed E-state index contributed by atoms with van der Waals surface area (Å²) in [5.41, 5.74) is 0.307. The molecule has 2 N–H and O–H groups in total. The van der Waals surface area contributed by atoms with E-state index in [1.54, 1.807) is 0 Å². The van der Waals surface area contributed by atoms with Crippen molar-refractivity contribution in [3.63, 3.8) is 0 Å².